The van der Waals surface area contributed by atoms with Gasteiger partial charge in [-0.3, -0.25) is 4.79 Å². The maximum Gasteiger partial charge on any atom is 0.319 e. The second-order valence-electron chi connectivity index (χ2n) is 10.5. The highest BCUT2D eigenvalue weighted by Gasteiger charge is 2.52. The summed E-state index contributed by atoms with van der Waals surface area (Å²) in [7, 11) is -2.70. The summed E-state index contributed by atoms with van der Waals surface area (Å²) in [4.78, 5) is 15.2. The fourth-order valence-corrected chi connectivity index (χ4v) is 10.0. The Morgan fingerprint density at radius 1 is 0.882 bits per heavy atom. The number of hydrogen-bond donors (Lipinski definition) is 1. The molecule has 0 aromatic heterocycles. The van der Waals surface area contributed by atoms with Crippen LogP contribution < -0.4 is 20.1 Å². The van der Waals surface area contributed by atoms with Crippen LogP contribution in [0.4, 0.5) is 0 Å². The molecule has 0 saturated carbocycles. The molecule has 0 atom stereocenters. The lowest BCUT2D eigenvalue weighted by Gasteiger charge is -2.43. The van der Waals surface area contributed by atoms with Crippen LogP contribution in [0, 0.1) is 0 Å². The Labute approximate surface area is 204 Å². The molecule has 176 valence electrons. The third-order valence-corrected chi connectivity index (χ3v) is 12.3. The van der Waals surface area contributed by atoms with Crippen LogP contribution in [0.2, 0.25) is 5.04 Å². The number of nitrogens with one attached hydrogen (secondary N) is 1. The van der Waals surface area contributed by atoms with Gasteiger partial charge >= 0.3 is 8.32 Å². The number of carbonyl (C=O) groups is 1. The van der Waals surface area contributed by atoms with E-state index in [9.17, 15) is 4.79 Å². The van der Waals surface area contributed by atoms with Crippen molar-refractivity contribution in [3.05, 3.63) is 90.0 Å². The quantitative estimate of drug-likeness (QED) is 0.564. The van der Waals surface area contributed by atoms with Crippen molar-refractivity contribution in [2.75, 3.05) is 13.1 Å². The number of benzene rings is 3. The van der Waals surface area contributed by atoms with Crippen LogP contribution in [0.1, 0.15) is 49.5 Å². The Morgan fingerprint density at radius 3 is 2.03 bits per heavy atom. The van der Waals surface area contributed by atoms with E-state index >= 15 is 0 Å². The van der Waals surface area contributed by atoms with Gasteiger partial charge < -0.3 is 14.6 Å². The summed E-state index contributed by atoms with van der Waals surface area (Å²) in [5, 5.41) is 5.80. The number of amides is 1. The van der Waals surface area contributed by atoms with Crippen molar-refractivity contribution in [1.82, 2.24) is 10.2 Å². The van der Waals surface area contributed by atoms with Crippen molar-refractivity contribution in [2.24, 2.45) is 0 Å². The van der Waals surface area contributed by atoms with Gasteiger partial charge in [0.05, 0.1) is 0 Å². The van der Waals surface area contributed by atoms with Crippen molar-refractivity contribution in [3.8, 4) is 5.75 Å². The van der Waals surface area contributed by atoms with E-state index in [0.29, 0.717) is 12.6 Å². The highest BCUT2D eigenvalue weighted by Crippen LogP contribution is 2.39. The van der Waals surface area contributed by atoms with Gasteiger partial charge in [-0.05, 0) is 65.1 Å². The van der Waals surface area contributed by atoms with Crippen LogP contribution in [-0.4, -0.2) is 38.3 Å². The standard InChI is InChI=1S/C29H34N2O2Si/c1-29(2,3)34(25-10-6-4-7-11-25,26-12-8-5-9-13-26)33-24-14-15-27-22(20-24)21-31(28(27)32)23-16-18-30-19-17-23/h4-15,20,23,30H,16-19,21H2,1-3H3. The molecule has 0 aliphatic carbocycles. The van der Waals surface area contributed by atoms with Gasteiger partial charge in [-0.25, -0.2) is 0 Å². The number of hydrogen-bond acceptors (Lipinski definition) is 3. The Bertz CT molecular complexity index is 1110. The van der Waals surface area contributed by atoms with Crippen molar-refractivity contribution < 1.29 is 9.22 Å². The molecule has 0 radical (unpaired) electrons. The second-order valence-corrected chi connectivity index (χ2v) is 14.7. The highest BCUT2D eigenvalue weighted by atomic mass is 28.4. The lowest BCUT2D eigenvalue weighted by atomic mass is 10.1. The molecule has 2 aliphatic heterocycles. The first-order valence-corrected chi connectivity index (χ1v) is 14.3. The highest BCUT2D eigenvalue weighted by molar-refractivity contribution is 7.00. The molecular weight excluding hydrogens is 436 g/mol. The van der Waals surface area contributed by atoms with Gasteiger partial charge in [-0.2, -0.15) is 0 Å². The maximum atomic E-state index is 13.2. The first kappa shape index (κ1) is 22.9. The predicted molar refractivity (Wildman–Crippen MR) is 140 cm³/mol. The third-order valence-electron chi connectivity index (χ3n) is 7.35. The first-order valence-electron chi connectivity index (χ1n) is 12.3. The summed E-state index contributed by atoms with van der Waals surface area (Å²) in [6, 6.07) is 27.8. The number of nitrogens with zero attached hydrogens (tertiary/aromatic N) is 1. The number of carbonyl (C=O) groups excluding carboxylic acids is 1. The predicted octanol–water partition coefficient (Wildman–Crippen LogP) is 4.33. The van der Waals surface area contributed by atoms with Crippen molar-refractivity contribution in [2.45, 2.75) is 51.2 Å². The molecule has 0 spiro atoms. The van der Waals surface area contributed by atoms with Gasteiger partial charge in [-0.1, -0.05) is 81.4 Å². The smallest absolute Gasteiger partial charge is 0.319 e. The summed E-state index contributed by atoms with van der Waals surface area (Å²) in [5.74, 6) is 1.02. The fourth-order valence-electron chi connectivity index (χ4n) is 5.62. The molecule has 2 heterocycles. The maximum absolute atomic E-state index is 13.2. The van der Waals surface area contributed by atoms with E-state index in [0.717, 1.165) is 42.8 Å². The van der Waals surface area contributed by atoms with Gasteiger partial charge in [0, 0.05) is 18.2 Å². The van der Waals surface area contributed by atoms with Gasteiger partial charge in [0.25, 0.3) is 5.91 Å². The zero-order valence-electron chi connectivity index (χ0n) is 20.4. The summed E-state index contributed by atoms with van der Waals surface area (Å²) < 4.78 is 7.18. The lowest BCUT2D eigenvalue weighted by Crippen LogP contribution is -2.68. The van der Waals surface area contributed by atoms with Crippen LogP contribution >= 0.6 is 0 Å². The van der Waals surface area contributed by atoms with E-state index < -0.39 is 8.32 Å². The van der Waals surface area contributed by atoms with Crippen LogP contribution in [0.3, 0.4) is 0 Å². The summed E-state index contributed by atoms with van der Waals surface area (Å²) in [5.41, 5.74) is 1.91. The molecule has 3 aromatic carbocycles. The van der Waals surface area contributed by atoms with E-state index in [1.54, 1.807) is 0 Å². The van der Waals surface area contributed by atoms with Gasteiger partial charge in [0.2, 0.25) is 0 Å². The zero-order valence-corrected chi connectivity index (χ0v) is 21.4. The Morgan fingerprint density at radius 2 is 1.47 bits per heavy atom. The molecule has 34 heavy (non-hydrogen) atoms. The summed E-state index contributed by atoms with van der Waals surface area (Å²) in [6.07, 6.45) is 2.04. The molecule has 1 saturated heterocycles. The molecule has 2 aliphatic rings. The van der Waals surface area contributed by atoms with Gasteiger partial charge in [0.1, 0.15) is 5.75 Å². The van der Waals surface area contributed by atoms with Gasteiger partial charge in [0.15, 0.2) is 0 Å². The molecular formula is C29H34N2O2Si. The molecule has 0 unspecified atom stereocenters. The van der Waals surface area contributed by atoms with E-state index in [4.69, 9.17) is 4.43 Å². The molecule has 1 fully saturated rings. The van der Waals surface area contributed by atoms with Crippen LogP contribution in [-0.2, 0) is 6.54 Å². The molecule has 3 aromatic rings. The van der Waals surface area contributed by atoms with Crippen molar-refractivity contribution >= 4 is 24.6 Å². The molecule has 5 rings (SSSR count). The molecule has 1 amide bonds. The number of piperidine rings is 1. The minimum Gasteiger partial charge on any atom is -0.534 e. The minimum atomic E-state index is -2.70. The van der Waals surface area contributed by atoms with Crippen molar-refractivity contribution in [3.63, 3.8) is 0 Å². The monoisotopic (exact) mass is 470 g/mol. The Balaban J connectivity index is 1.54. The lowest BCUT2D eigenvalue weighted by molar-refractivity contribution is 0.0668. The third kappa shape index (κ3) is 3.97. The SMILES string of the molecule is CC(C)(C)[Si](Oc1ccc2c(c1)CN(C1CCNCC1)C2=O)(c1ccccc1)c1ccccc1. The molecule has 4 nitrogen and oxygen atoms in total. The Kier molecular flexibility index (Phi) is 6.09. The van der Waals surface area contributed by atoms with Crippen LogP contribution in [0.15, 0.2) is 78.9 Å². The summed E-state index contributed by atoms with van der Waals surface area (Å²) in [6.45, 7) is 9.50. The second kappa shape index (κ2) is 9.04. The molecule has 5 heteroatoms. The van der Waals surface area contributed by atoms with E-state index in [2.05, 4.69) is 97.7 Å². The number of fused-ring (bicyclic) bond motifs is 1. The number of rotatable bonds is 5. The average molecular weight is 471 g/mol. The molecule has 1 N–H and O–H groups in total. The zero-order chi connectivity index (χ0) is 23.8. The normalized spacial score (nSPS) is 17.0. The van der Waals surface area contributed by atoms with E-state index in [1.165, 1.54) is 10.4 Å². The van der Waals surface area contributed by atoms with Crippen molar-refractivity contribution in [1.29, 1.82) is 0 Å². The topological polar surface area (TPSA) is 41.6 Å². The van der Waals surface area contributed by atoms with Crippen LogP contribution in [0.5, 0.6) is 5.75 Å². The largest absolute Gasteiger partial charge is 0.534 e. The fraction of sp³-hybridized carbons (Fsp3) is 0.345. The summed E-state index contributed by atoms with van der Waals surface area (Å²) >= 11 is 0. The van der Waals surface area contributed by atoms with Crippen LogP contribution in [0.25, 0.3) is 0 Å². The average Bonchev–Trinajstić information content (AvgIpc) is 3.19. The van der Waals surface area contributed by atoms with E-state index in [1.807, 2.05) is 12.1 Å². The van der Waals surface area contributed by atoms with E-state index in [-0.39, 0.29) is 10.9 Å². The Hall–Kier alpha value is -2.89. The minimum absolute atomic E-state index is 0.105. The first-order chi connectivity index (χ1) is 16.4. The molecule has 0 bridgehead atoms. The van der Waals surface area contributed by atoms with Gasteiger partial charge in [-0.15, -0.1) is 0 Å².